The van der Waals surface area contributed by atoms with E-state index in [4.69, 9.17) is 14.2 Å². The molecule has 3 atom stereocenters. The topological polar surface area (TPSA) is 68.2 Å². The third kappa shape index (κ3) is 4.99. The zero-order valence-electron chi connectivity index (χ0n) is 15.6. The van der Waals surface area contributed by atoms with Gasteiger partial charge in [-0.3, -0.25) is 4.90 Å². The molecule has 2 aromatic rings. The Morgan fingerprint density at radius 1 is 1.22 bits per heavy atom. The van der Waals surface area contributed by atoms with E-state index in [2.05, 4.69) is 0 Å². The van der Waals surface area contributed by atoms with Gasteiger partial charge in [-0.2, -0.15) is 0 Å². The van der Waals surface area contributed by atoms with Gasteiger partial charge in [0.25, 0.3) is 0 Å². The Balaban J connectivity index is 1.64. The lowest BCUT2D eigenvalue weighted by molar-refractivity contribution is -0.162. The molecular formula is C21H25NO5. The number of esters is 1. The lowest BCUT2D eigenvalue weighted by Gasteiger charge is -2.27. The standard InChI is InChI=1S/C21H25NO5/c1-15(12-16-8-10-17(23)11-9-16)22-13-19(27-20(22)21(24)25-2)14-26-18-6-4-3-5-7-18/h3-11,15,19-20,23H,12-14H2,1-2H3. The van der Waals surface area contributed by atoms with E-state index in [1.807, 2.05) is 54.3 Å². The SMILES string of the molecule is COC(=O)C1OC(COc2ccccc2)CN1C(C)Cc1ccc(O)cc1. The van der Waals surface area contributed by atoms with Crippen LogP contribution in [0.5, 0.6) is 11.5 Å². The van der Waals surface area contributed by atoms with E-state index >= 15 is 0 Å². The molecule has 0 bridgehead atoms. The van der Waals surface area contributed by atoms with Crippen LogP contribution < -0.4 is 4.74 Å². The van der Waals surface area contributed by atoms with Crippen molar-refractivity contribution in [3.63, 3.8) is 0 Å². The smallest absolute Gasteiger partial charge is 0.350 e. The molecule has 1 N–H and O–H groups in total. The molecule has 1 heterocycles. The van der Waals surface area contributed by atoms with Crippen molar-refractivity contribution >= 4 is 5.97 Å². The van der Waals surface area contributed by atoms with Crippen molar-refractivity contribution in [2.45, 2.75) is 31.7 Å². The Bertz CT molecular complexity index is 734. The lowest BCUT2D eigenvalue weighted by Crippen LogP contribution is -2.44. The summed E-state index contributed by atoms with van der Waals surface area (Å²) in [7, 11) is 1.36. The Morgan fingerprint density at radius 3 is 2.59 bits per heavy atom. The minimum absolute atomic E-state index is 0.0559. The zero-order valence-corrected chi connectivity index (χ0v) is 15.6. The molecular weight excluding hydrogens is 346 g/mol. The third-order valence-electron chi connectivity index (χ3n) is 4.65. The molecule has 0 aromatic heterocycles. The van der Waals surface area contributed by atoms with Crippen LogP contribution in [-0.2, 0) is 20.7 Å². The summed E-state index contributed by atoms with van der Waals surface area (Å²) in [5.41, 5.74) is 1.08. The van der Waals surface area contributed by atoms with Gasteiger partial charge in [-0.05, 0) is 43.2 Å². The van der Waals surface area contributed by atoms with Gasteiger partial charge in [-0.1, -0.05) is 30.3 Å². The minimum Gasteiger partial charge on any atom is -0.508 e. The van der Waals surface area contributed by atoms with E-state index < -0.39 is 12.2 Å². The number of phenols is 1. The maximum Gasteiger partial charge on any atom is 0.350 e. The normalized spacial score (nSPS) is 21.0. The molecule has 1 saturated heterocycles. The fraction of sp³-hybridized carbons (Fsp3) is 0.381. The highest BCUT2D eigenvalue weighted by Gasteiger charge is 2.41. The average Bonchev–Trinajstić information content (AvgIpc) is 3.13. The maximum atomic E-state index is 12.2. The van der Waals surface area contributed by atoms with Gasteiger partial charge in [0.2, 0.25) is 6.23 Å². The summed E-state index contributed by atoms with van der Waals surface area (Å²) in [6.45, 7) is 2.98. The van der Waals surface area contributed by atoms with Gasteiger partial charge in [0.15, 0.2) is 0 Å². The highest BCUT2D eigenvalue weighted by molar-refractivity contribution is 5.74. The molecule has 1 aliphatic heterocycles. The molecule has 6 heteroatoms. The number of methoxy groups -OCH3 is 1. The predicted octanol–water partition coefficient (Wildman–Crippen LogP) is 2.60. The van der Waals surface area contributed by atoms with Crippen LogP contribution >= 0.6 is 0 Å². The van der Waals surface area contributed by atoms with Gasteiger partial charge >= 0.3 is 5.97 Å². The minimum atomic E-state index is -0.744. The Morgan fingerprint density at radius 2 is 1.93 bits per heavy atom. The van der Waals surface area contributed by atoms with Crippen molar-refractivity contribution < 1.29 is 24.1 Å². The largest absolute Gasteiger partial charge is 0.508 e. The van der Waals surface area contributed by atoms with Crippen molar-refractivity contribution in [1.82, 2.24) is 4.90 Å². The van der Waals surface area contributed by atoms with Crippen molar-refractivity contribution in [1.29, 1.82) is 0 Å². The first-order chi connectivity index (χ1) is 13.1. The average molecular weight is 371 g/mol. The molecule has 1 aliphatic rings. The number of hydrogen-bond donors (Lipinski definition) is 1. The molecule has 1 fully saturated rings. The van der Waals surface area contributed by atoms with Crippen LogP contribution in [0.2, 0.25) is 0 Å². The molecule has 0 aliphatic carbocycles. The molecule has 3 rings (SSSR count). The van der Waals surface area contributed by atoms with Crippen LogP contribution in [0, 0.1) is 0 Å². The second-order valence-electron chi connectivity index (χ2n) is 6.67. The molecule has 144 valence electrons. The highest BCUT2D eigenvalue weighted by atomic mass is 16.6. The van der Waals surface area contributed by atoms with Gasteiger partial charge in [-0.15, -0.1) is 0 Å². The van der Waals surface area contributed by atoms with Gasteiger partial charge in [0, 0.05) is 12.6 Å². The second-order valence-corrected chi connectivity index (χ2v) is 6.67. The van der Waals surface area contributed by atoms with E-state index in [0.29, 0.717) is 13.2 Å². The molecule has 27 heavy (non-hydrogen) atoms. The summed E-state index contributed by atoms with van der Waals surface area (Å²) < 4.78 is 16.6. The number of hydrogen-bond acceptors (Lipinski definition) is 6. The monoisotopic (exact) mass is 371 g/mol. The number of para-hydroxylation sites is 1. The Labute approximate surface area is 159 Å². The van der Waals surface area contributed by atoms with E-state index in [1.54, 1.807) is 12.1 Å². The Kier molecular flexibility index (Phi) is 6.32. The quantitative estimate of drug-likeness (QED) is 0.755. The predicted molar refractivity (Wildman–Crippen MR) is 101 cm³/mol. The molecule has 6 nitrogen and oxygen atoms in total. The number of aromatic hydroxyl groups is 1. The van der Waals surface area contributed by atoms with Crippen molar-refractivity contribution in [2.75, 3.05) is 20.3 Å². The van der Waals surface area contributed by atoms with Crippen molar-refractivity contribution in [3.8, 4) is 11.5 Å². The van der Waals surface area contributed by atoms with Gasteiger partial charge < -0.3 is 19.3 Å². The fourth-order valence-corrected chi connectivity index (χ4v) is 3.23. The van der Waals surface area contributed by atoms with Gasteiger partial charge in [0.05, 0.1) is 7.11 Å². The number of rotatable bonds is 7. The van der Waals surface area contributed by atoms with Crippen LogP contribution in [-0.4, -0.2) is 54.6 Å². The van der Waals surface area contributed by atoms with E-state index in [0.717, 1.165) is 17.7 Å². The molecule has 0 amide bonds. The summed E-state index contributed by atoms with van der Waals surface area (Å²) in [4.78, 5) is 14.2. The van der Waals surface area contributed by atoms with Crippen LogP contribution in [0.15, 0.2) is 54.6 Å². The summed E-state index contributed by atoms with van der Waals surface area (Å²) in [6, 6.07) is 16.7. The van der Waals surface area contributed by atoms with E-state index in [1.165, 1.54) is 7.11 Å². The number of carbonyl (C=O) groups is 1. The summed E-state index contributed by atoms with van der Waals surface area (Å²) >= 11 is 0. The fourth-order valence-electron chi connectivity index (χ4n) is 3.23. The molecule has 0 spiro atoms. The molecule has 0 saturated carbocycles. The van der Waals surface area contributed by atoms with Gasteiger partial charge in [-0.25, -0.2) is 4.79 Å². The molecule has 0 radical (unpaired) electrons. The van der Waals surface area contributed by atoms with Crippen LogP contribution in [0.1, 0.15) is 12.5 Å². The van der Waals surface area contributed by atoms with Crippen LogP contribution in [0.3, 0.4) is 0 Å². The highest BCUT2D eigenvalue weighted by Crippen LogP contribution is 2.24. The maximum absolute atomic E-state index is 12.2. The van der Waals surface area contributed by atoms with Crippen molar-refractivity contribution in [2.24, 2.45) is 0 Å². The first-order valence-corrected chi connectivity index (χ1v) is 9.01. The number of ether oxygens (including phenoxy) is 3. The molecule has 2 aromatic carbocycles. The number of carbonyl (C=O) groups excluding carboxylic acids is 1. The number of phenolic OH excluding ortho intramolecular Hbond substituents is 1. The van der Waals surface area contributed by atoms with E-state index in [9.17, 15) is 9.90 Å². The van der Waals surface area contributed by atoms with Crippen molar-refractivity contribution in [3.05, 3.63) is 60.2 Å². The molecule has 3 unspecified atom stereocenters. The summed E-state index contributed by atoms with van der Waals surface area (Å²) in [5.74, 6) is 0.600. The first kappa shape index (κ1) is 19.2. The Hall–Kier alpha value is -2.57. The van der Waals surface area contributed by atoms with Gasteiger partial charge in [0.1, 0.15) is 24.2 Å². The zero-order chi connectivity index (χ0) is 19.2. The van der Waals surface area contributed by atoms with Crippen LogP contribution in [0.25, 0.3) is 0 Å². The third-order valence-corrected chi connectivity index (χ3v) is 4.65. The summed E-state index contributed by atoms with van der Waals surface area (Å²) in [5, 5.41) is 9.43. The number of benzene rings is 2. The lowest BCUT2D eigenvalue weighted by atomic mass is 10.1. The summed E-state index contributed by atoms with van der Waals surface area (Å²) in [6.07, 6.45) is -0.244. The van der Waals surface area contributed by atoms with E-state index in [-0.39, 0.29) is 17.9 Å². The van der Waals surface area contributed by atoms with Crippen LogP contribution in [0.4, 0.5) is 0 Å². The second kappa shape index (κ2) is 8.88. The first-order valence-electron chi connectivity index (χ1n) is 9.01. The number of nitrogens with zero attached hydrogens (tertiary/aromatic N) is 1.